The number of hydrogen-bond acceptors (Lipinski definition) is 2. The van der Waals surface area contributed by atoms with Gasteiger partial charge >= 0.3 is 0 Å². The van der Waals surface area contributed by atoms with Gasteiger partial charge in [-0.3, -0.25) is 0 Å². The second kappa shape index (κ2) is 1.82. The van der Waals surface area contributed by atoms with Crippen molar-refractivity contribution < 1.29 is 0 Å². The quantitative estimate of drug-likeness (QED) is 0.546. The van der Waals surface area contributed by atoms with E-state index in [1.165, 1.54) is 14.3 Å². The fourth-order valence-electron chi connectivity index (χ4n) is 0.886. The summed E-state index contributed by atoms with van der Waals surface area (Å²) in [5.74, 6) is 0. The Labute approximate surface area is 61.8 Å². The van der Waals surface area contributed by atoms with Gasteiger partial charge in [0.25, 0.3) is 0 Å². The molecule has 0 unspecified atom stereocenters. The molecule has 0 fully saturated rings. The molecule has 0 atom stereocenters. The number of thiophene rings is 2. The molecule has 0 radical (unpaired) electrons. The summed E-state index contributed by atoms with van der Waals surface area (Å²) in [6, 6.07) is 4.42. The zero-order valence-corrected chi connectivity index (χ0v) is 6.68. The van der Waals surface area contributed by atoms with Gasteiger partial charge in [0.15, 0.2) is 0 Å². The van der Waals surface area contributed by atoms with Crippen molar-refractivity contribution in [2.24, 2.45) is 0 Å². The van der Waals surface area contributed by atoms with Crippen LogP contribution in [-0.2, 0) is 0 Å². The van der Waals surface area contributed by atoms with Gasteiger partial charge in [0.1, 0.15) is 0 Å². The molecule has 0 amide bonds. The first-order valence-corrected chi connectivity index (χ1v) is 4.49. The molecule has 0 aliphatic heterocycles. The van der Waals surface area contributed by atoms with Crippen molar-refractivity contribution in [2.75, 3.05) is 0 Å². The van der Waals surface area contributed by atoms with E-state index in [1.807, 2.05) is 22.7 Å². The maximum Gasteiger partial charge on any atom is 0.0453 e. The van der Waals surface area contributed by atoms with E-state index in [9.17, 15) is 0 Å². The molecule has 0 saturated heterocycles. The Morgan fingerprint density at radius 1 is 1.33 bits per heavy atom. The average molecular weight is 154 g/mol. The van der Waals surface area contributed by atoms with Gasteiger partial charge in [0.2, 0.25) is 0 Å². The molecule has 0 aromatic carbocycles. The molecule has 2 aromatic rings. The predicted octanol–water partition coefficient (Wildman–Crippen LogP) is 3.27. The molecule has 0 aliphatic rings. The van der Waals surface area contributed by atoms with Gasteiger partial charge in [0, 0.05) is 14.3 Å². The first-order valence-electron chi connectivity index (χ1n) is 2.80. The van der Waals surface area contributed by atoms with Crippen LogP contribution < -0.4 is 0 Å². The Morgan fingerprint density at radius 3 is 3.00 bits per heavy atom. The van der Waals surface area contributed by atoms with Gasteiger partial charge in [-0.25, -0.2) is 0 Å². The fourth-order valence-corrected chi connectivity index (χ4v) is 2.92. The minimum Gasteiger partial charge on any atom is -0.143 e. The average Bonchev–Trinajstić information content (AvgIpc) is 2.22. The summed E-state index contributed by atoms with van der Waals surface area (Å²) < 4.78 is 2.86. The largest absolute Gasteiger partial charge is 0.143 e. The summed E-state index contributed by atoms with van der Waals surface area (Å²) in [6.45, 7) is 2.15. The Hall–Kier alpha value is -0.340. The maximum atomic E-state index is 2.24. The highest BCUT2D eigenvalue weighted by Crippen LogP contribution is 2.28. The van der Waals surface area contributed by atoms with Crippen LogP contribution in [-0.4, -0.2) is 0 Å². The van der Waals surface area contributed by atoms with Crippen molar-refractivity contribution >= 4 is 32.1 Å². The third kappa shape index (κ3) is 0.787. The molecule has 0 saturated carbocycles. The highest BCUT2D eigenvalue weighted by Gasteiger charge is 1.96. The highest BCUT2D eigenvalue weighted by atomic mass is 32.1. The van der Waals surface area contributed by atoms with E-state index in [-0.39, 0.29) is 0 Å². The van der Waals surface area contributed by atoms with Gasteiger partial charge in [-0.15, -0.1) is 22.7 Å². The molecule has 0 bridgehead atoms. The third-order valence-electron chi connectivity index (χ3n) is 1.26. The molecule has 2 rings (SSSR count). The molecule has 0 nitrogen and oxygen atoms in total. The van der Waals surface area contributed by atoms with Crippen LogP contribution in [0.3, 0.4) is 0 Å². The number of rotatable bonds is 0. The number of aryl methyl sites for hydroxylation is 1. The molecule has 2 heteroatoms. The predicted molar refractivity (Wildman–Crippen MR) is 44.4 cm³/mol. The molecule has 46 valence electrons. The summed E-state index contributed by atoms with van der Waals surface area (Å²) in [4.78, 5) is 1.41. The van der Waals surface area contributed by atoms with Crippen LogP contribution in [0.1, 0.15) is 4.88 Å². The van der Waals surface area contributed by atoms with E-state index in [1.54, 1.807) is 0 Å². The first-order chi connectivity index (χ1) is 4.36. The molecule has 2 aromatic heterocycles. The summed E-state index contributed by atoms with van der Waals surface area (Å²) in [5, 5.41) is 2.14. The standard InChI is InChI=1S/C7H6S2/c1-5-4-7-6(9-5)2-3-8-7/h2-4H,1H3. The lowest BCUT2D eigenvalue weighted by Crippen LogP contribution is -1.45. The van der Waals surface area contributed by atoms with E-state index in [0.717, 1.165) is 0 Å². The van der Waals surface area contributed by atoms with E-state index >= 15 is 0 Å². The molecule has 9 heavy (non-hydrogen) atoms. The molecule has 0 aliphatic carbocycles. The zero-order chi connectivity index (χ0) is 6.27. The van der Waals surface area contributed by atoms with E-state index in [4.69, 9.17) is 0 Å². The van der Waals surface area contributed by atoms with Crippen LogP contribution in [0.15, 0.2) is 17.5 Å². The van der Waals surface area contributed by atoms with Crippen molar-refractivity contribution in [1.29, 1.82) is 0 Å². The summed E-state index contributed by atoms with van der Waals surface area (Å²) in [7, 11) is 0. The number of hydrogen-bond donors (Lipinski definition) is 0. The Balaban J connectivity index is 2.92. The maximum absolute atomic E-state index is 2.24. The van der Waals surface area contributed by atoms with Crippen molar-refractivity contribution in [3.05, 3.63) is 22.4 Å². The minimum absolute atomic E-state index is 1.41. The fraction of sp³-hybridized carbons (Fsp3) is 0.143. The Morgan fingerprint density at radius 2 is 2.22 bits per heavy atom. The number of fused-ring (bicyclic) bond motifs is 1. The van der Waals surface area contributed by atoms with Gasteiger partial charge in [-0.05, 0) is 24.4 Å². The molecular weight excluding hydrogens is 148 g/mol. The van der Waals surface area contributed by atoms with Gasteiger partial charge in [0.05, 0.1) is 0 Å². The minimum atomic E-state index is 1.41. The third-order valence-corrected chi connectivity index (χ3v) is 3.27. The smallest absolute Gasteiger partial charge is 0.0453 e. The highest BCUT2D eigenvalue weighted by molar-refractivity contribution is 7.26. The summed E-state index contributed by atoms with van der Waals surface area (Å²) in [5.41, 5.74) is 0. The molecule has 2 heterocycles. The van der Waals surface area contributed by atoms with Crippen molar-refractivity contribution in [3.8, 4) is 0 Å². The van der Waals surface area contributed by atoms with Crippen LogP contribution in [0.5, 0.6) is 0 Å². The van der Waals surface area contributed by atoms with Crippen molar-refractivity contribution in [3.63, 3.8) is 0 Å². The summed E-state index contributed by atoms with van der Waals surface area (Å²) in [6.07, 6.45) is 0. The second-order valence-corrected chi connectivity index (χ2v) is 4.24. The van der Waals surface area contributed by atoms with Crippen LogP contribution in [0.4, 0.5) is 0 Å². The summed E-state index contributed by atoms with van der Waals surface area (Å²) >= 11 is 3.69. The van der Waals surface area contributed by atoms with E-state index in [2.05, 4.69) is 24.4 Å². The van der Waals surface area contributed by atoms with Crippen LogP contribution in [0.25, 0.3) is 9.40 Å². The first kappa shape index (κ1) is 5.45. The van der Waals surface area contributed by atoms with Crippen molar-refractivity contribution in [2.45, 2.75) is 6.92 Å². The van der Waals surface area contributed by atoms with Gasteiger partial charge in [-0.1, -0.05) is 0 Å². The normalized spacial score (nSPS) is 10.8. The van der Waals surface area contributed by atoms with Gasteiger partial charge in [-0.2, -0.15) is 0 Å². The van der Waals surface area contributed by atoms with E-state index < -0.39 is 0 Å². The lowest BCUT2D eigenvalue weighted by Gasteiger charge is -1.69. The molecular formula is C7H6S2. The van der Waals surface area contributed by atoms with E-state index in [0.29, 0.717) is 0 Å². The monoisotopic (exact) mass is 154 g/mol. The van der Waals surface area contributed by atoms with Crippen LogP contribution in [0.2, 0.25) is 0 Å². The Bertz CT molecular complexity index is 288. The zero-order valence-electron chi connectivity index (χ0n) is 5.05. The van der Waals surface area contributed by atoms with Crippen LogP contribution >= 0.6 is 22.7 Å². The second-order valence-electron chi connectivity index (χ2n) is 2.01. The van der Waals surface area contributed by atoms with Crippen molar-refractivity contribution in [1.82, 2.24) is 0 Å². The van der Waals surface area contributed by atoms with Gasteiger partial charge < -0.3 is 0 Å². The topological polar surface area (TPSA) is 0 Å². The van der Waals surface area contributed by atoms with Crippen LogP contribution in [0, 0.1) is 6.92 Å². The lowest BCUT2D eigenvalue weighted by molar-refractivity contribution is 1.66. The lowest BCUT2D eigenvalue weighted by atomic mass is 10.5. The molecule has 0 spiro atoms. The molecule has 0 N–H and O–H groups in total. The Kier molecular flexibility index (Phi) is 1.10. The SMILES string of the molecule is Cc1cc2sccc2s1.